The molecule has 0 aliphatic heterocycles. The summed E-state index contributed by atoms with van der Waals surface area (Å²) in [5, 5.41) is 5.45. The van der Waals surface area contributed by atoms with E-state index < -0.39 is 0 Å². The van der Waals surface area contributed by atoms with Crippen LogP contribution in [0.25, 0.3) is 0 Å². The van der Waals surface area contributed by atoms with Crippen LogP contribution < -0.4 is 5.32 Å². The molecule has 0 aliphatic carbocycles. The van der Waals surface area contributed by atoms with Crippen molar-refractivity contribution in [1.29, 1.82) is 0 Å². The average Bonchev–Trinajstić information content (AvgIpc) is 2.77. The fourth-order valence-corrected chi connectivity index (χ4v) is 4.13. The van der Waals surface area contributed by atoms with Gasteiger partial charge >= 0.3 is 0 Å². The number of aryl methyl sites for hydroxylation is 1. The summed E-state index contributed by atoms with van der Waals surface area (Å²) in [6, 6.07) is 7.97. The predicted octanol–water partition coefficient (Wildman–Crippen LogP) is 5.14. The van der Waals surface area contributed by atoms with Crippen molar-refractivity contribution < 1.29 is 0 Å². The van der Waals surface area contributed by atoms with Gasteiger partial charge in [0, 0.05) is 21.3 Å². The Morgan fingerprint density at radius 3 is 2.90 bits per heavy atom. The zero-order chi connectivity index (χ0) is 15.2. The van der Waals surface area contributed by atoms with E-state index in [4.69, 9.17) is 11.6 Å². The number of aromatic nitrogens is 1. The highest BCUT2D eigenvalue weighted by atomic mass is 35.5. The van der Waals surface area contributed by atoms with Crippen molar-refractivity contribution in [2.45, 2.75) is 38.0 Å². The molecular formula is C16H21ClN2S2. The number of nitrogens with one attached hydrogen (secondary N) is 1. The molecule has 5 heteroatoms. The number of nitrogens with zero attached hydrogens (tertiary/aromatic N) is 1. The van der Waals surface area contributed by atoms with Gasteiger partial charge in [0.2, 0.25) is 0 Å². The normalized spacial score (nSPS) is 11.3. The highest BCUT2D eigenvalue weighted by molar-refractivity contribution is 7.98. The maximum Gasteiger partial charge on any atom is 0.103 e. The van der Waals surface area contributed by atoms with E-state index in [1.165, 1.54) is 14.8 Å². The first-order chi connectivity index (χ1) is 10.0. The Morgan fingerprint density at radius 1 is 1.38 bits per heavy atom. The summed E-state index contributed by atoms with van der Waals surface area (Å²) in [7, 11) is 0. The lowest BCUT2D eigenvalue weighted by Crippen LogP contribution is -2.18. The van der Waals surface area contributed by atoms with Gasteiger partial charge in [-0.05, 0) is 37.6 Å². The molecule has 2 aromatic rings. The van der Waals surface area contributed by atoms with E-state index in [9.17, 15) is 0 Å². The number of thiazole rings is 1. The van der Waals surface area contributed by atoms with Crippen molar-refractivity contribution in [2.24, 2.45) is 5.92 Å². The van der Waals surface area contributed by atoms with E-state index >= 15 is 0 Å². The lowest BCUT2D eigenvalue weighted by molar-refractivity contribution is 0.554. The van der Waals surface area contributed by atoms with E-state index in [2.05, 4.69) is 37.1 Å². The third-order valence-electron chi connectivity index (χ3n) is 2.93. The molecule has 21 heavy (non-hydrogen) atoms. The molecule has 2 nitrogen and oxygen atoms in total. The van der Waals surface area contributed by atoms with Gasteiger partial charge in [-0.1, -0.05) is 31.5 Å². The quantitative estimate of drug-likeness (QED) is 0.706. The van der Waals surface area contributed by atoms with E-state index in [-0.39, 0.29) is 0 Å². The zero-order valence-electron chi connectivity index (χ0n) is 12.6. The van der Waals surface area contributed by atoms with E-state index in [1.54, 1.807) is 11.8 Å². The second-order valence-corrected chi connectivity index (χ2v) is 8.04. The largest absolute Gasteiger partial charge is 0.312 e. The molecule has 0 radical (unpaired) electrons. The Bertz CT molecular complexity index is 581. The Morgan fingerprint density at radius 2 is 2.19 bits per heavy atom. The van der Waals surface area contributed by atoms with Gasteiger partial charge in [-0.2, -0.15) is 0 Å². The van der Waals surface area contributed by atoms with Crippen LogP contribution in [-0.2, 0) is 12.3 Å². The van der Waals surface area contributed by atoms with Crippen molar-refractivity contribution in [3.8, 4) is 0 Å². The van der Waals surface area contributed by atoms with Crippen LogP contribution in [0.1, 0.15) is 29.4 Å². The monoisotopic (exact) mass is 340 g/mol. The number of hydrogen-bond acceptors (Lipinski definition) is 4. The van der Waals surface area contributed by atoms with Crippen LogP contribution in [0.4, 0.5) is 0 Å². The summed E-state index contributed by atoms with van der Waals surface area (Å²) in [5.74, 6) is 1.58. The highest BCUT2D eigenvalue weighted by Gasteiger charge is 2.08. The van der Waals surface area contributed by atoms with Crippen LogP contribution in [0.5, 0.6) is 0 Å². The van der Waals surface area contributed by atoms with E-state index in [0.717, 1.165) is 29.6 Å². The van der Waals surface area contributed by atoms with Crippen LogP contribution in [0.2, 0.25) is 5.02 Å². The van der Waals surface area contributed by atoms with Gasteiger partial charge in [-0.25, -0.2) is 4.98 Å². The van der Waals surface area contributed by atoms with Crippen LogP contribution in [-0.4, -0.2) is 11.5 Å². The third-order valence-corrected chi connectivity index (χ3v) is 5.51. The lowest BCUT2D eigenvalue weighted by atomic mass is 10.2. The molecule has 0 unspecified atom stereocenters. The summed E-state index contributed by atoms with van der Waals surface area (Å²) in [6.07, 6.45) is 0. The van der Waals surface area contributed by atoms with E-state index in [1.807, 2.05) is 29.5 Å². The predicted molar refractivity (Wildman–Crippen MR) is 94.4 cm³/mol. The minimum atomic E-state index is 0.677. The lowest BCUT2D eigenvalue weighted by Gasteiger charge is -2.05. The van der Waals surface area contributed by atoms with Gasteiger partial charge in [0.25, 0.3) is 0 Å². The number of benzene rings is 1. The summed E-state index contributed by atoms with van der Waals surface area (Å²) >= 11 is 9.59. The van der Waals surface area contributed by atoms with E-state index in [0.29, 0.717) is 5.92 Å². The number of hydrogen-bond donors (Lipinski definition) is 1. The summed E-state index contributed by atoms with van der Waals surface area (Å²) in [6.45, 7) is 8.50. The minimum absolute atomic E-state index is 0.677. The molecule has 1 aromatic heterocycles. The molecule has 0 spiro atoms. The first-order valence-corrected chi connectivity index (χ1v) is 9.27. The van der Waals surface area contributed by atoms with Crippen molar-refractivity contribution >= 4 is 34.7 Å². The molecule has 0 atom stereocenters. The fraction of sp³-hybridized carbons (Fsp3) is 0.438. The molecular weight excluding hydrogens is 320 g/mol. The van der Waals surface area contributed by atoms with Crippen molar-refractivity contribution in [1.82, 2.24) is 10.3 Å². The summed E-state index contributed by atoms with van der Waals surface area (Å²) in [4.78, 5) is 7.21. The maximum absolute atomic E-state index is 6.00. The standard InChI is InChI=1S/C16H21ClN2S2/c1-11(2)8-18-9-15-12(3)19-16(21-15)10-20-14-6-4-5-13(17)7-14/h4-7,11,18H,8-10H2,1-3H3. The first-order valence-electron chi connectivity index (χ1n) is 7.09. The number of rotatable bonds is 7. The Balaban J connectivity index is 1.89. The van der Waals surface area contributed by atoms with Crippen molar-refractivity contribution in [3.63, 3.8) is 0 Å². The molecule has 114 valence electrons. The molecule has 0 amide bonds. The molecule has 0 bridgehead atoms. The molecule has 0 fully saturated rings. The van der Waals surface area contributed by atoms with Gasteiger partial charge in [-0.3, -0.25) is 0 Å². The third kappa shape index (κ3) is 5.62. The summed E-state index contributed by atoms with van der Waals surface area (Å²) < 4.78 is 0. The second-order valence-electron chi connectivity index (χ2n) is 5.39. The number of halogens is 1. The fourth-order valence-electron chi connectivity index (χ4n) is 1.89. The van der Waals surface area contributed by atoms with Gasteiger partial charge in [-0.15, -0.1) is 23.1 Å². The molecule has 0 saturated heterocycles. The maximum atomic E-state index is 6.00. The van der Waals surface area contributed by atoms with Crippen LogP contribution in [0.15, 0.2) is 29.2 Å². The molecule has 1 heterocycles. The van der Waals surface area contributed by atoms with Crippen LogP contribution in [0, 0.1) is 12.8 Å². The van der Waals surface area contributed by atoms with Gasteiger partial charge in [0.1, 0.15) is 5.01 Å². The second kappa shape index (κ2) is 8.18. The van der Waals surface area contributed by atoms with Crippen LogP contribution >= 0.6 is 34.7 Å². The Kier molecular flexibility index (Phi) is 6.55. The van der Waals surface area contributed by atoms with Crippen molar-refractivity contribution in [2.75, 3.05) is 6.54 Å². The molecule has 0 aliphatic rings. The highest BCUT2D eigenvalue weighted by Crippen LogP contribution is 2.28. The zero-order valence-corrected chi connectivity index (χ0v) is 15.0. The average molecular weight is 341 g/mol. The molecule has 0 saturated carbocycles. The van der Waals surface area contributed by atoms with Gasteiger partial charge in [0.05, 0.1) is 11.4 Å². The Labute approximate surface area is 140 Å². The van der Waals surface area contributed by atoms with Gasteiger partial charge in [0.15, 0.2) is 0 Å². The molecule has 2 rings (SSSR count). The number of thioether (sulfide) groups is 1. The Hall–Kier alpha value is -0.550. The molecule has 1 N–H and O–H groups in total. The first kappa shape index (κ1) is 16.8. The smallest absolute Gasteiger partial charge is 0.103 e. The topological polar surface area (TPSA) is 24.9 Å². The van der Waals surface area contributed by atoms with Crippen LogP contribution in [0.3, 0.4) is 0 Å². The molecule has 1 aromatic carbocycles. The minimum Gasteiger partial charge on any atom is -0.312 e. The SMILES string of the molecule is Cc1nc(CSc2cccc(Cl)c2)sc1CNCC(C)C. The van der Waals surface area contributed by atoms with Gasteiger partial charge < -0.3 is 5.32 Å². The summed E-state index contributed by atoms with van der Waals surface area (Å²) in [5.41, 5.74) is 1.15. The van der Waals surface area contributed by atoms with Crippen molar-refractivity contribution in [3.05, 3.63) is 44.9 Å².